The van der Waals surface area contributed by atoms with Crippen LogP contribution in [0.25, 0.3) is 0 Å². The zero-order valence-electron chi connectivity index (χ0n) is 13.4. The number of carbonyl (C=O) groups excluding carboxylic acids is 1. The number of fused-ring (bicyclic) bond motifs is 1. The molecule has 124 valence electrons. The third-order valence-electron chi connectivity index (χ3n) is 5.18. The van der Waals surface area contributed by atoms with Crippen molar-refractivity contribution in [2.24, 2.45) is 5.92 Å². The minimum atomic E-state index is -0.873. The maximum absolute atomic E-state index is 12.8. The maximum Gasteiger partial charge on any atom is 0.326 e. The number of hydrogen-bond donors (Lipinski definition) is 1. The van der Waals surface area contributed by atoms with Crippen molar-refractivity contribution in [3.8, 4) is 5.75 Å². The highest BCUT2D eigenvalue weighted by molar-refractivity contribution is 5.86. The fourth-order valence-electron chi connectivity index (χ4n) is 4.05. The number of likely N-dealkylation sites (tertiary alicyclic amines) is 1. The molecule has 5 heteroatoms. The monoisotopic (exact) mass is 317 g/mol. The van der Waals surface area contributed by atoms with E-state index in [1.54, 1.807) is 12.0 Å². The third kappa shape index (κ3) is 3.19. The summed E-state index contributed by atoms with van der Waals surface area (Å²) in [4.78, 5) is 26.0. The van der Waals surface area contributed by atoms with Gasteiger partial charge in [-0.3, -0.25) is 4.79 Å². The summed E-state index contributed by atoms with van der Waals surface area (Å²) < 4.78 is 5.12. The summed E-state index contributed by atoms with van der Waals surface area (Å²) in [6.07, 6.45) is 5.06. The molecule has 2 aliphatic rings. The van der Waals surface area contributed by atoms with E-state index in [4.69, 9.17) is 4.74 Å². The predicted octanol–water partition coefficient (Wildman–Crippen LogP) is 2.48. The van der Waals surface area contributed by atoms with E-state index in [-0.39, 0.29) is 18.4 Å². The van der Waals surface area contributed by atoms with Crippen LogP contribution in [0.15, 0.2) is 24.3 Å². The van der Waals surface area contributed by atoms with Gasteiger partial charge in [-0.15, -0.1) is 0 Å². The minimum Gasteiger partial charge on any atom is -0.497 e. The lowest BCUT2D eigenvalue weighted by Gasteiger charge is -2.33. The molecule has 3 atom stereocenters. The fourth-order valence-corrected chi connectivity index (χ4v) is 4.05. The summed E-state index contributed by atoms with van der Waals surface area (Å²) in [5, 5.41) is 9.50. The van der Waals surface area contributed by atoms with Crippen molar-refractivity contribution in [3.63, 3.8) is 0 Å². The molecule has 0 aromatic heterocycles. The van der Waals surface area contributed by atoms with Crippen molar-refractivity contribution in [1.82, 2.24) is 4.90 Å². The summed E-state index contributed by atoms with van der Waals surface area (Å²) in [5.74, 6) is 0.155. The van der Waals surface area contributed by atoms with Gasteiger partial charge < -0.3 is 14.7 Å². The normalized spacial score (nSPS) is 26.7. The van der Waals surface area contributed by atoms with Gasteiger partial charge in [0.15, 0.2) is 0 Å². The smallest absolute Gasteiger partial charge is 0.326 e. The summed E-state index contributed by atoms with van der Waals surface area (Å²) in [7, 11) is 1.60. The molecular weight excluding hydrogens is 294 g/mol. The van der Waals surface area contributed by atoms with Crippen LogP contribution >= 0.6 is 0 Å². The summed E-state index contributed by atoms with van der Waals surface area (Å²) >= 11 is 0. The topological polar surface area (TPSA) is 66.8 Å². The Kier molecular flexibility index (Phi) is 4.55. The predicted molar refractivity (Wildman–Crippen MR) is 85.3 cm³/mol. The van der Waals surface area contributed by atoms with Crippen molar-refractivity contribution >= 4 is 11.9 Å². The first-order valence-electron chi connectivity index (χ1n) is 8.27. The highest BCUT2D eigenvalue weighted by atomic mass is 16.5. The highest BCUT2D eigenvalue weighted by Crippen LogP contribution is 2.40. The second-order valence-electron chi connectivity index (χ2n) is 6.53. The molecular formula is C18H23NO4. The number of nitrogens with zero attached hydrogens (tertiary/aromatic N) is 1. The maximum atomic E-state index is 12.8. The zero-order chi connectivity index (χ0) is 16.4. The van der Waals surface area contributed by atoms with Gasteiger partial charge in [-0.2, -0.15) is 0 Å². The molecule has 0 bridgehead atoms. The van der Waals surface area contributed by atoms with Crippen molar-refractivity contribution in [2.45, 2.75) is 50.6 Å². The lowest BCUT2D eigenvalue weighted by molar-refractivity contribution is -0.149. The van der Waals surface area contributed by atoms with Gasteiger partial charge in [-0.25, -0.2) is 4.79 Å². The first-order chi connectivity index (χ1) is 11.1. The Bertz CT molecular complexity index is 583. The molecule has 23 heavy (non-hydrogen) atoms. The van der Waals surface area contributed by atoms with Gasteiger partial charge in [-0.1, -0.05) is 25.0 Å². The number of benzene rings is 1. The van der Waals surface area contributed by atoms with Crippen LogP contribution in [0.2, 0.25) is 0 Å². The number of methoxy groups -OCH3 is 1. The second-order valence-corrected chi connectivity index (χ2v) is 6.53. The van der Waals surface area contributed by atoms with Crippen LogP contribution in [0.5, 0.6) is 5.75 Å². The molecule has 0 spiro atoms. The highest BCUT2D eigenvalue weighted by Gasteiger charge is 2.47. The van der Waals surface area contributed by atoms with E-state index in [0.29, 0.717) is 12.3 Å². The summed E-state index contributed by atoms with van der Waals surface area (Å²) in [6.45, 7) is 0. The molecule has 5 nitrogen and oxygen atoms in total. The van der Waals surface area contributed by atoms with Gasteiger partial charge in [0.05, 0.1) is 13.5 Å². The number of carboxylic acids is 1. The molecule has 3 rings (SSSR count). The lowest BCUT2D eigenvalue weighted by atomic mass is 9.84. The molecule has 1 saturated carbocycles. The van der Waals surface area contributed by atoms with Crippen LogP contribution < -0.4 is 4.74 Å². The summed E-state index contributed by atoms with van der Waals surface area (Å²) in [5.41, 5.74) is 0.888. The van der Waals surface area contributed by atoms with Crippen molar-refractivity contribution in [1.29, 1.82) is 0 Å². The summed E-state index contributed by atoms with van der Waals surface area (Å²) in [6, 6.07) is 6.82. The van der Waals surface area contributed by atoms with Crippen LogP contribution in [0, 0.1) is 5.92 Å². The molecule has 1 aliphatic carbocycles. The molecule has 1 aromatic rings. The fraction of sp³-hybridized carbons (Fsp3) is 0.556. The Morgan fingerprint density at radius 1 is 1.22 bits per heavy atom. The molecule has 1 amide bonds. The molecule has 1 N–H and O–H groups in total. The molecule has 3 unspecified atom stereocenters. The molecule has 1 aromatic carbocycles. The number of carboxylic acid groups (broad SMARTS) is 1. The number of carbonyl (C=O) groups is 2. The Balaban J connectivity index is 1.76. The van der Waals surface area contributed by atoms with Crippen LogP contribution in [0.4, 0.5) is 0 Å². The van der Waals surface area contributed by atoms with E-state index >= 15 is 0 Å². The largest absolute Gasteiger partial charge is 0.497 e. The number of amides is 1. The molecule has 2 fully saturated rings. The van der Waals surface area contributed by atoms with Crippen LogP contribution in [0.1, 0.15) is 37.7 Å². The van der Waals surface area contributed by atoms with Gasteiger partial charge in [0.2, 0.25) is 5.91 Å². The Morgan fingerprint density at radius 3 is 2.57 bits per heavy atom. The number of rotatable bonds is 4. The molecule has 1 aliphatic heterocycles. The van der Waals surface area contributed by atoms with Crippen molar-refractivity contribution < 1.29 is 19.4 Å². The van der Waals surface area contributed by atoms with Crippen LogP contribution in [-0.2, 0) is 16.0 Å². The Hall–Kier alpha value is -2.04. The standard InChI is InChI=1S/C18H23NO4/c1-23-14-8-6-12(7-9-14)10-17(20)19-15-5-3-2-4-13(15)11-16(19)18(21)22/h6-9,13,15-16H,2-5,10-11H2,1H3,(H,21,22). The number of ether oxygens (including phenoxy) is 1. The first kappa shape index (κ1) is 15.8. The van der Waals surface area contributed by atoms with E-state index in [2.05, 4.69) is 0 Å². The van der Waals surface area contributed by atoms with Gasteiger partial charge >= 0.3 is 5.97 Å². The third-order valence-corrected chi connectivity index (χ3v) is 5.18. The Morgan fingerprint density at radius 2 is 1.91 bits per heavy atom. The molecule has 1 heterocycles. The van der Waals surface area contributed by atoms with Gasteiger partial charge in [0, 0.05) is 6.04 Å². The molecule has 0 radical (unpaired) electrons. The van der Waals surface area contributed by atoms with E-state index in [1.165, 1.54) is 0 Å². The second kappa shape index (κ2) is 6.60. The van der Waals surface area contributed by atoms with E-state index in [1.807, 2.05) is 24.3 Å². The number of aliphatic carboxylic acids is 1. The number of hydrogen-bond acceptors (Lipinski definition) is 3. The van der Waals surface area contributed by atoms with E-state index in [9.17, 15) is 14.7 Å². The van der Waals surface area contributed by atoms with Crippen LogP contribution in [-0.4, -0.2) is 41.1 Å². The van der Waals surface area contributed by atoms with Crippen LogP contribution in [0.3, 0.4) is 0 Å². The van der Waals surface area contributed by atoms with Crippen molar-refractivity contribution in [3.05, 3.63) is 29.8 Å². The first-order valence-corrected chi connectivity index (χ1v) is 8.27. The van der Waals surface area contributed by atoms with Gasteiger partial charge in [0.1, 0.15) is 11.8 Å². The average Bonchev–Trinajstić information content (AvgIpc) is 2.95. The minimum absolute atomic E-state index is 0.0723. The SMILES string of the molecule is COc1ccc(CC(=O)N2C(C(=O)O)CC3CCCCC32)cc1. The van der Waals surface area contributed by atoms with E-state index < -0.39 is 12.0 Å². The average molecular weight is 317 g/mol. The van der Waals surface area contributed by atoms with Gasteiger partial charge in [-0.05, 0) is 42.9 Å². The quantitative estimate of drug-likeness (QED) is 0.926. The van der Waals surface area contributed by atoms with E-state index in [0.717, 1.165) is 37.0 Å². The Labute approximate surface area is 136 Å². The zero-order valence-corrected chi connectivity index (χ0v) is 13.4. The van der Waals surface area contributed by atoms with Gasteiger partial charge in [0.25, 0.3) is 0 Å². The van der Waals surface area contributed by atoms with Crippen molar-refractivity contribution in [2.75, 3.05) is 7.11 Å². The lowest BCUT2D eigenvalue weighted by Crippen LogP contribution is -2.46. The molecule has 1 saturated heterocycles.